The lowest BCUT2D eigenvalue weighted by atomic mass is 9.73. The molecule has 120 valence electrons. The zero-order valence-corrected chi connectivity index (χ0v) is 14.9. The minimum absolute atomic E-state index is 0.0204. The summed E-state index contributed by atoms with van der Waals surface area (Å²) in [5.41, 5.74) is 1.85. The van der Waals surface area contributed by atoms with Crippen molar-refractivity contribution in [1.82, 2.24) is 14.8 Å². The molecule has 1 N–H and O–H groups in total. The zero-order chi connectivity index (χ0) is 16.2. The Labute approximate surface area is 143 Å². The van der Waals surface area contributed by atoms with Crippen LogP contribution in [0.15, 0.2) is 33.9 Å². The number of allylic oxidation sites excluding steroid dienone is 2. The molecule has 5 nitrogen and oxygen atoms in total. The van der Waals surface area contributed by atoms with Crippen molar-refractivity contribution < 1.29 is 4.79 Å². The fourth-order valence-corrected chi connectivity index (χ4v) is 4.55. The van der Waals surface area contributed by atoms with E-state index in [0.29, 0.717) is 6.42 Å². The first-order valence-electron chi connectivity index (χ1n) is 7.56. The van der Waals surface area contributed by atoms with Crippen molar-refractivity contribution in [2.75, 3.05) is 11.6 Å². The van der Waals surface area contributed by atoms with Crippen molar-refractivity contribution in [3.63, 3.8) is 0 Å². The van der Waals surface area contributed by atoms with E-state index >= 15 is 0 Å². The smallest absolute Gasteiger partial charge is 0.227 e. The Balaban J connectivity index is 1.90. The van der Waals surface area contributed by atoms with Crippen molar-refractivity contribution in [2.45, 2.75) is 37.9 Å². The number of nitrogens with zero attached hydrogens (tertiary/aromatic N) is 3. The molecule has 0 amide bonds. The van der Waals surface area contributed by atoms with E-state index in [4.69, 9.17) is 0 Å². The molecule has 1 aliphatic heterocycles. The van der Waals surface area contributed by atoms with Gasteiger partial charge < -0.3 is 5.32 Å². The first-order valence-corrected chi connectivity index (χ1v) is 9.66. The Hall–Kier alpha value is -1.60. The van der Waals surface area contributed by atoms with Gasteiger partial charge in [0.15, 0.2) is 5.78 Å². The van der Waals surface area contributed by atoms with Crippen molar-refractivity contribution in [2.24, 2.45) is 5.41 Å². The van der Waals surface area contributed by atoms with E-state index in [1.165, 1.54) is 11.8 Å². The Morgan fingerprint density at radius 1 is 1.43 bits per heavy atom. The number of nitrogens with one attached hydrogen (secondary N) is 1. The highest BCUT2D eigenvalue weighted by atomic mass is 32.2. The quantitative estimate of drug-likeness (QED) is 0.840. The van der Waals surface area contributed by atoms with Crippen LogP contribution in [-0.4, -0.2) is 26.8 Å². The number of aromatic nitrogens is 3. The van der Waals surface area contributed by atoms with E-state index in [2.05, 4.69) is 35.3 Å². The van der Waals surface area contributed by atoms with Crippen molar-refractivity contribution in [3.05, 3.63) is 33.7 Å². The number of ketones is 1. The second-order valence-corrected chi connectivity index (χ2v) is 8.50. The highest BCUT2D eigenvalue weighted by molar-refractivity contribution is 7.98. The first-order chi connectivity index (χ1) is 11.0. The average molecular weight is 346 g/mol. The highest BCUT2D eigenvalue weighted by Crippen LogP contribution is 2.46. The number of fused-ring (bicyclic) bond motifs is 1. The Kier molecular flexibility index (Phi) is 3.39. The maximum atomic E-state index is 12.9. The summed E-state index contributed by atoms with van der Waals surface area (Å²) < 4.78 is 1.87. The van der Waals surface area contributed by atoms with Crippen LogP contribution >= 0.6 is 23.1 Å². The number of hydrogen-bond donors (Lipinski definition) is 1. The van der Waals surface area contributed by atoms with E-state index in [1.807, 2.05) is 22.4 Å². The lowest BCUT2D eigenvalue weighted by molar-refractivity contribution is -0.118. The number of carbonyl (C=O) groups is 1. The molecule has 0 bridgehead atoms. The van der Waals surface area contributed by atoms with Crippen LogP contribution in [0.4, 0.5) is 5.95 Å². The molecule has 0 radical (unpaired) electrons. The predicted molar refractivity (Wildman–Crippen MR) is 92.9 cm³/mol. The zero-order valence-electron chi connectivity index (χ0n) is 13.3. The lowest BCUT2D eigenvalue weighted by Crippen LogP contribution is -2.36. The molecule has 7 heteroatoms. The predicted octanol–water partition coefficient (Wildman–Crippen LogP) is 3.72. The molecule has 2 aromatic heterocycles. The maximum absolute atomic E-state index is 12.9. The molecular weight excluding hydrogens is 328 g/mol. The topological polar surface area (TPSA) is 59.8 Å². The summed E-state index contributed by atoms with van der Waals surface area (Å²) in [6.07, 6.45) is 3.40. The Bertz CT molecular complexity index is 804. The molecular formula is C16H18N4OS2. The van der Waals surface area contributed by atoms with Crippen LogP contribution in [0.5, 0.6) is 0 Å². The highest BCUT2D eigenvalue weighted by Gasteiger charge is 2.42. The largest absolute Gasteiger partial charge is 0.328 e. The van der Waals surface area contributed by atoms with Crippen LogP contribution in [0.25, 0.3) is 0 Å². The fraction of sp³-hybridized carbons (Fsp3) is 0.438. The number of thiophene rings is 1. The maximum Gasteiger partial charge on any atom is 0.227 e. The van der Waals surface area contributed by atoms with E-state index in [1.54, 1.807) is 11.3 Å². The van der Waals surface area contributed by atoms with Gasteiger partial charge in [-0.05, 0) is 29.5 Å². The third kappa shape index (κ3) is 2.42. The van der Waals surface area contributed by atoms with Gasteiger partial charge in [-0.25, -0.2) is 4.68 Å². The van der Waals surface area contributed by atoms with Crippen LogP contribution < -0.4 is 5.32 Å². The lowest BCUT2D eigenvalue weighted by Gasteiger charge is -2.37. The number of Topliss-reactive ketones (excluding diaryl/α,β-unsaturated/α-hetero) is 1. The molecule has 1 atom stereocenters. The van der Waals surface area contributed by atoms with Gasteiger partial charge in [0.05, 0.1) is 0 Å². The van der Waals surface area contributed by atoms with Gasteiger partial charge in [0.1, 0.15) is 6.04 Å². The molecule has 0 aromatic carbocycles. The van der Waals surface area contributed by atoms with Gasteiger partial charge in [0.25, 0.3) is 0 Å². The van der Waals surface area contributed by atoms with Crippen molar-refractivity contribution in [1.29, 1.82) is 0 Å². The molecule has 3 heterocycles. The molecule has 2 aliphatic rings. The van der Waals surface area contributed by atoms with Gasteiger partial charge in [-0.1, -0.05) is 31.7 Å². The second-order valence-electron chi connectivity index (χ2n) is 6.74. The van der Waals surface area contributed by atoms with Crippen molar-refractivity contribution >= 4 is 34.8 Å². The SMILES string of the molecule is CSc1nc2n(n1)[C@@H](c1cccs1)C1=C(CC(C)(C)CC1=O)N2. The number of hydrogen-bond acceptors (Lipinski definition) is 6. The second kappa shape index (κ2) is 5.21. The van der Waals surface area contributed by atoms with Gasteiger partial charge in [-0.15, -0.1) is 16.4 Å². The molecule has 4 rings (SSSR count). The summed E-state index contributed by atoms with van der Waals surface area (Å²) in [7, 11) is 0. The summed E-state index contributed by atoms with van der Waals surface area (Å²) in [5, 5.41) is 10.7. The molecule has 0 unspecified atom stereocenters. The number of carbonyl (C=O) groups excluding carboxylic acids is 1. The summed E-state index contributed by atoms with van der Waals surface area (Å²) >= 11 is 3.17. The van der Waals surface area contributed by atoms with Gasteiger partial charge in [-0.2, -0.15) is 4.98 Å². The van der Waals surface area contributed by atoms with Crippen molar-refractivity contribution in [3.8, 4) is 0 Å². The van der Waals surface area contributed by atoms with Gasteiger partial charge in [-0.3, -0.25) is 4.79 Å². The third-order valence-corrected chi connectivity index (χ3v) is 5.77. The minimum atomic E-state index is -0.154. The fourth-order valence-electron chi connectivity index (χ4n) is 3.39. The number of anilines is 1. The third-order valence-electron chi connectivity index (χ3n) is 4.31. The van der Waals surface area contributed by atoms with Crippen LogP contribution in [0.2, 0.25) is 0 Å². The van der Waals surface area contributed by atoms with E-state index in [0.717, 1.165) is 33.7 Å². The van der Waals surface area contributed by atoms with Crippen LogP contribution in [0.3, 0.4) is 0 Å². The monoisotopic (exact) mass is 346 g/mol. The molecule has 2 aromatic rings. The molecule has 0 saturated heterocycles. The summed E-state index contributed by atoms with van der Waals surface area (Å²) in [6, 6.07) is 3.94. The molecule has 23 heavy (non-hydrogen) atoms. The molecule has 0 fully saturated rings. The Morgan fingerprint density at radius 3 is 2.96 bits per heavy atom. The van der Waals surface area contributed by atoms with E-state index in [9.17, 15) is 4.79 Å². The van der Waals surface area contributed by atoms with Crippen LogP contribution in [0, 0.1) is 5.41 Å². The van der Waals surface area contributed by atoms with Crippen LogP contribution in [0.1, 0.15) is 37.6 Å². The van der Waals surface area contributed by atoms with Gasteiger partial charge >= 0.3 is 0 Å². The van der Waals surface area contributed by atoms with E-state index < -0.39 is 0 Å². The molecule has 0 saturated carbocycles. The standard InChI is InChI=1S/C16H18N4OS2/c1-16(2)7-9-12(10(21)8-16)13(11-5-4-6-23-11)20-14(17-9)18-15(19-20)22-3/h4-6,13H,7-8H2,1-3H3,(H,17,18,19)/t13-/m0/s1. The number of rotatable bonds is 2. The summed E-state index contributed by atoms with van der Waals surface area (Å²) in [5.74, 6) is 0.950. The minimum Gasteiger partial charge on any atom is -0.328 e. The Morgan fingerprint density at radius 2 is 2.26 bits per heavy atom. The summed E-state index contributed by atoms with van der Waals surface area (Å²) in [6.45, 7) is 4.28. The van der Waals surface area contributed by atoms with Gasteiger partial charge in [0.2, 0.25) is 11.1 Å². The van der Waals surface area contributed by atoms with Gasteiger partial charge in [0, 0.05) is 22.6 Å². The first kappa shape index (κ1) is 15.0. The van der Waals surface area contributed by atoms with E-state index in [-0.39, 0.29) is 17.2 Å². The average Bonchev–Trinajstić information content (AvgIpc) is 3.12. The molecule has 0 spiro atoms. The number of thioether (sulfide) groups is 1. The summed E-state index contributed by atoms with van der Waals surface area (Å²) in [4.78, 5) is 18.6. The van der Waals surface area contributed by atoms with Crippen LogP contribution in [-0.2, 0) is 4.79 Å². The molecule has 1 aliphatic carbocycles. The normalized spacial score (nSPS) is 22.6.